The fourth-order valence-corrected chi connectivity index (χ4v) is 2.30. The molecule has 0 aromatic heterocycles. The van der Waals surface area contributed by atoms with Crippen molar-refractivity contribution in [3.8, 4) is 0 Å². The SMILES string of the molecule is CCCOC1=CC(=O)C(=O)c2c(NSC)cccc21. The number of carbonyl (C=O) groups excluding carboxylic acids is 2. The Kier molecular flexibility index (Phi) is 4.27. The van der Waals surface area contributed by atoms with Crippen molar-refractivity contribution >= 4 is 35.0 Å². The zero-order chi connectivity index (χ0) is 13.8. The number of nitrogens with one attached hydrogen (secondary N) is 1. The second kappa shape index (κ2) is 5.93. The largest absolute Gasteiger partial charge is 0.493 e. The van der Waals surface area contributed by atoms with E-state index in [4.69, 9.17) is 4.74 Å². The summed E-state index contributed by atoms with van der Waals surface area (Å²) in [5.74, 6) is -0.545. The first-order chi connectivity index (χ1) is 9.19. The second-order valence-electron chi connectivity index (χ2n) is 4.08. The van der Waals surface area contributed by atoms with Crippen molar-refractivity contribution in [1.29, 1.82) is 0 Å². The van der Waals surface area contributed by atoms with E-state index in [0.29, 0.717) is 29.2 Å². The normalized spacial score (nSPS) is 13.9. The lowest BCUT2D eigenvalue weighted by atomic mass is 9.92. The van der Waals surface area contributed by atoms with E-state index in [0.717, 1.165) is 6.42 Å². The van der Waals surface area contributed by atoms with Crippen LogP contribution < -0.4 is 4.72 Å². The number of rotatable bonds is 5. The molecule has 0 amide bonds. The third kappa shape index (κ3) is 2.66. The molecule has 0 fully saturated rings. The summed E-state index contributed by atoms with van der Waals surface area (Å²) < 4.78 is 8.59. The Labute approximate surface area is 116 Å². The average Bonchev–Trinajstić information content (AvgIpc) is 2.41. The zero-order valence-electron chi connectivity index (χ0n) is 10.9. The van der Waals surface area contributed by atoms with Gasteiger partial charge >= 0.3 is 0 Å². The first-order valence-corrected chi connectivity index (χ1v) is 7.27. The molecule has 0 atom stereocenters. The third-order valence-electron chi connectivity index (χ3n) is 2.72. The van der Waals surface area contributed by atoms with Gasteiger partial charge in [0.15, 0.2) is 0 Å². The average molecular weight is 277 g/mol. The van der Waals surface area contributed by atoms with Crippen molar-refractivity contribution in [2.45, 2.75) is 13.3 Å². The molecule has 0 radical (unpaired) electrons. The van der Waals surface area contributed by atoms with Gasteiger partial charge in [0, 0.05) is 17.9 Å². The number of ketones is 2. The van der Waals surface area contributed by atoms with Crippen LogP contribution in [0.1, 0.15) is 29.3 Å². The number of benzene rings is 1. The van der Waals surface area contributed by atoms with Crippen LogP contribution in [0.3, 0.4) is 0 Å². The number of hydrogen-bond donors (Lipinski definition) is 1. The number of hydrogen-bond acceptors (Lipinski definition) is 5. The predicted molar refractivity (Wildman–Crippen MR) is 77.1 cm³/mol. The second-order valence-corrected chi connectivity index (χ2v) is 4.70. The van der Waals surface area contributed by atoms with Gasteiger partial charge in [0.25, 0.3) is 0 Å². The molecule has 1 aromatic carbocycles. The lowest BCUT2D eigenvalue weighted by Gasteiger charge is -2.19. The van der Waals surface area contributed by atoms with Crippen LogP contribution in [-0.4, -0.2) is 24.4 Å². The Hall–Kier alpha value is -1.75. The Morgan fingerprint density at radius 2 is 2.11 bits per heavy atom. The smallest absolute Gasteiger partial charge is 0.235 e. The van der Waals surface area contributed by atoms with Gasteiger partial charge in [-0.3, -0.25) is 9.59 Å². The molecule has 0 heterocycles. The van der Waals surface area contributed by atoms with E-state index >= 15 is 0 Å². The number of allylic oxidation sites excluding steroid dienone is 1. The molecule has 1 N–H and O–H groups in total. The van der Waals surface area contributed by atoms with Crippen LogP contribution in [0.15, 0.2) is 24.3 Å². The highest BCUT2D eigenvalue weighted by Gasteiger charge is 2.29. The van der Waals surface area contributed by atoms with Gasteiger partial charge in [-0.15, -0.1) is 0 Å². The van der Waals surface area contributed by atoms with Gasteiger partial charge in [0.2, 0.25) is 11.6 Å². The summed E-state index contributed by atoms with van der Waals surface area (Å²) in [4.78, 5) is 23.8. The van der Waals surface area contributed by atoms with Gasteiger partial charge in [-0.1, -0.05) is 31.0 Å². The Bertz CT molecular complexity index is 552. The lowest BCUT2D eigenvalue weighted by molar-refractivity contribution is -0.111. The third-order valence-corrected chi connectivity index (χ3v) is 3.14. The number of Topliss-reactive ketones (excluding diaryl/α,β-unsaturated/α-hetero) is 1. The molecular weight excluding hydrogens is 262 g/mol. The molecule has 0 spiro atoms. The van der Waals surface area contributed by atoms with E-state index in [1.807, 2.05) is 19.2 Å². The van der Waals surface area contributed by atoms with Gasteiger partial charge in [0.05, 0.1) is 17.9 Å². The molecule has 0 saturated heterocycles. The molecule has 5 heteroatoms. The first-order valence-electron chi connectivity index (χ1n) is 6.04. The fraction of sp³-hybridized carbons (Fsp3) is 0.286. The molecule has 0 bridgehead atoms. The molecule has 0 saturated carbocycles. The van der Waals surface area contributed by atoms with Crippen molar-refractivity contribution in [3.05, 3.63) is 35.4 Å². The van der Waals surface area contributed by atoms with Crippen LogP contribution >= 0.6 is 11.9 Å². The predicted octanol–water partition coefficient (Wildman–Crippen LogP) is 2.91. The van der Waals surface area contributed by atoms with Gasteiger partial charge in [-0.25, -0.2) is 0 Å². The molecule has 100 valence electrons. The maximum atomic E-state index is 12.0. The Morgan fingerprint density at radius 1 is 1.32 bits per heavy atom. The molecule has 1 aliphatic carbocycles. The van der Waals surface area contributed by atoms with E-state index in [1.54, 1.807) is 12.1 Å². The summed E-state index contributed by atoms with van der Waals surface area (Å²) >= 11 is 1.38. The number of anilines is 1. The summed E-state index contributed by atoms with van der Waals surface area (Å²) in [5, 5.41) is 0. The van der Waals surface area contributed by atoms with E-state index < -0.39 is 11.6 Å². The van der Waals surface area contributed by atoms with Crippen LogP contribution in [-0.2, 0) is 9.53 Å². The monoisotopic (exact) mass is 277 g/mol. The van der Waals surface area contributed by atoms with Crippen molar-refractivity contribution in [2.75, 3.05) is 17.6 Å². The topological polar surface area (TPSA) is 55.4 Å². The number of carbonyl (C=O) groups is 2. The summed E-state index contributed by atoms with van der Waals surface area (Å²) in [6.45, 7) is 2.51. The van der Waals surface area contributed by atoms with Crippen molar-refractivity contribution in [1.82, 2.24) is 0 Å². The van der Waals surface area contributed by atoms with Crippen molar-refractivity contribution in [2.24, 2.45) is 0 Å². The summed E-state index contributed by atoms with van der Waals surface area (Å²) in [5.41, 5.74) is 1.72. The van der Waals surface area contributed by atoms with Gasteiger partial charge in [-0.05, 0) is 12.5 Å². The Morgan fingerprint density at radius 3 is 2.79 bits per heavy atom. The van der Waals surface area contributed by atoms with E-state index in [2.05, 4.69) is 4.72 Å². The molecule has 1 aliphatic rings. The van der Waals surface area contributed by atoms with Crippen LogP contribution in [0.2, 0.25) is 0 Å². The maximum Gasteiger partial charge on any atom is 0.235 e. The van der Waals surface area contributed by atoms with E-state index in [9.17, 15) is 9.59 Å². The van der Waals surface area contributed by atoms with E-state index in [-0.39, 0.29) is 0 Å². The van der Waals surface area contributed by atoms with Gasteiger partial charge in [-0.2, -0.15) is 0 Å². The molecule has 4 nitrogen and oxygen atoms in total. The summed E-state index contributed by atoms with van der Waals surface area (Å²) in [6.07, 6.45) is 3.99. The zero-order valence-corrected chi connectivity index (χ0v) is 11.7. The highest BCUT2D eigenvalue weighted by Crippen LogP contribution is 2.32. The number of ether oxygens (including phenoxy) is 1. The standard InChI is InChI=1S/C14H15NO3S/c1-3-7-18-12-8-11(16)14(17)13-9(12)5-4-6-10(13)15-19-2/h4-6,8,15H,3,7H2,1-2H3. The molecule has 0 aliphatic heterocycles. The molecule has 0 unspecified atom stereocenters. The summed E-state index contributed by atoms with van der Waals surface area (Å²) in [6, 6.07) is 5.42. The van der Waals surface area contributed by atoms with Crippen molar-refractivity contribution in [3.63, 3.8) is 0 Å². The first kappa shape index (κ1) is 13.7. The molecular formula is C14H15NO3S. The van der Waals surface area contributed by atoms with Crippen LogP contribution in [0.4, 0.5) is 5.69 Å². The number of fused-ring (bicyclic) bond motifs is 1. The van der Waals surface area contributed by atoms with Crippen molar-refractivity contribution < 1.29 is 14.3 Å². The van der Waals surface area contributed by atoms with Gasteiger partial charge < -0.3 is 9.46 Å². The fourth-order valence-electron chi connectivity index (χ4n) is 1.91. The van der Waals surface area contributed by atoms with Crippen LogP contribution in [0.5, 0.6) is 0 Å². The summed E-state index contributed by atoms with van der Waals surface area (Å²) in [7, 11) is 0. The minimum Gasteiger partial charge on any atom is -0.493 e. The minimum atomic E-state index is -0.533. The highest BCUT2D eigenvalue weighted by molar-refractivity contribution is 7.99. The Balaban J connectivity index is 2.49. The minimum absolute atomic E-state index is 0.399. The van der Waals surface area contributed by atoms with E-state index in [1.165, 1.54) is 18.0 Å². The molecule has 1 aromatic rings. The van der Waals surface area contributed by atoms with Crippen LogP contribution in [0, 0.1) is 0 Å². The van der Waals surface area contributed by atoms with Gasteiger partial charge in [0.1, 0.15) is 5.76 Å². The highest BCUT2D eigenvalue weighted by atomic mass is 32.2. The quantitative estimate of drug-likeness (QED) is 0.662. The molecule has 19 heavy (non-hydrogen) atoms. The lowest BCUT2D eigenvalue weighted by Crippen LogP contribution is -2.21. The molecule has 2 rings (SSSR count). The maximum absolute atomic E-state index is 12.0. The van der Waals surface area contributed by atoms with Crippen LogP contribution in [0.25, 0.3) is 5.76 Å².